The maximum absolute atomic E-state index is 12.5. The first-order chi connectivity index (χ1) is 21.4. The van der Waals surface area contributed by atoms with Crippen LogP contribution in [0.3, 0.4) is 0 Å². The molecule has 2 fully saturated rings. The fraction of sp³-hybridized carbons (Fsp3) is 0.515. The molecule has 2 aliphatic rings. The van der Waals surface area contributed by atoms with Crippen LogP contribution in [0, 0.1) is 0 Å². The van der Waals surface area contributed by atoms with E-state index in [2.05, 4.69) is 47.1 Å². The first-order valence-corrected chi connectivity index (χ1v) is 15.7. The Hall–Kier alpha value is -3.48. The Morgan fingerprint density at radius 3 is 2.04 bits per heavy atom. The van der Waals surface area contributed by atoms with Gasteiger partial charge in [0.05, 0.1) is 13.2 Å². The molecule has 0 aromatic heterocycles. The van der Waals surface area contributed by atoms with E-state index in [1.807, 2.05) is 12.1 Å². The monoisotopic (exact) mass is 690 g/mol. The lowest BCUT2D eigenvalue weighted by Crippen LogP contribution is -2.59. The van der Waals surface area contributed by atoms with Crippen molar-refractivity contribution in [1.29, 1.82) is 0 Å². The summed E-state index contributed by atoms with van der Waals surface area (Å²) in [6, 6.07) is 12.0. The van der Waals surface area contributed by atoms with Crippen molar-refractivity contribution in [1.82, 2.24) is 0 Å². The quantitative estimate of drug-likeness (QED) is 0.243. The number of halogens is 1. The second-order valence-electron chi connectivity index (χ2n) is 11.1. The van der Waals surface area contributed by atoms with Crippen molar-refractivity contribution in [3.05, 3.63) is 63.1 Å². The largest absolute Gasteiger partial charge is 0.488 e. The molecule has 0 N–H and O–H groups in total. The minimum atomic E-state index is -1.30. The summed E-state index contributed by atoms with van der Waals surface area (Å²) in [6.45, 7) is 7.53. The van der Waals surface area contributed by atoms with E-state index in [0.29, 0.717) is 37.4 Å². The summed E-state index contributed by atoms with van der Waals surface area (Å²) in [7, 11) is 0. The molecule has 12 heteroatoms. The van der Waals surface area contributed by atoms with Crippen LogP contribution in [0.4, 0.5) is 0 Å². The number of hydrogen-bond acceptors (Lipinski definition) is 11. The number of esters is 4. The summed E-state index contributed by atoms with van der Waals surface area (Å²) in [4.78, 5) is 48.8. The molecule has 0 aliphatic carbocycles. The number of ether oxygens (including phenoxy) is 7. The smallest absolute Gasteiger partial charge is 0.303 e. The number of aryl methyl sites for hydroxylation is 1. The van der Waals surface area contributed by atoms with Gasteiger partial charge in [-0.05, 0) is 41.7 Å². The highest BCUT2D eigenvalue weighted by atomic mass is 79.9. The van der Waals surface area contributed by atoms with E-state index in [1.165, 1.54) is 33.3 Å². The van der Waals surface area contributed by atoms with Crippen LogP contribution in [0.15, 0.2) is 40.9 Å². The van der Waals surface area contributed by atoms with E-state index in [4.69, 9.17) is 33.2 Å². The summed E-state index contributed by atoms with van der Waals surface area (Å²) in [5.41, 5.74) is 3.68. The van der Waals surface area contributed by atoms with Crippen LogP contribution < -0.4 is 4.74 Å². The molecule has 0 amide bonds. The highest BCUT2D eigenvalue weighted by Crippen LogP contribution is 2.43. The van der Waals surface area contributed by atoms with Crippen LogP contribution >= 0.6 is 15.9 Å². The van der Waals surface area contributed by atoms with Crippen molar-refractivity contribution < 1.29 is 52.3 Å². The van der Waals surface area contributed by atoms with Crippen molar-refractivity contribution in [2.45, 2.75) is 90.5 Å². The van der Waals surface area contributed by atoms with Crippen molar-refractivity contribution in [2.24, 2.45) is 0 Å². The second kappa shape index (κ2) is 15.7. The molecular weight excluding hydrogens is 652 g/mol. The molecule has 2 heterocycles. The molecule has 244 valence electrons. The number of carbonyl (C=O) groups is 4. The number of hydrogen-bond donors (Lipinski definition) is 0. The first-order valence-electron chi connectivity index (χ1n) is 14.9. The van der Waals surface area contributed by atoms with Gasteiger partial charge in [-0.25, -0.2) is 0 Å². The van der Waals surface area contributed by atoms with Crippen LogP contribution in [-0.2, 0) is 60.4 Å². The molecule has 2 aromatic rings. The van der Waals surface area contributed by atoms with Crippen LogP contribution in [0.2, 0.25) is 0 Å². The minimum absolute atomic E-state index is 0.242. The van der Waals surface area contributed by atoms with Gasteiger partial charge in [-0.1, -0.05) is 47.1 Å². The Labute approximate surface area is 270 Å². The molecule has 2 aliphatic heterocycles. The van der Waals surface area contributed by atoms with Gasteiger partial charge in [0, 0.05) is 44.2 Å². The summed E-state index contributed by atoms with van der Waals surface area (Å²) in [5.74, 6) is -2.23. The average molecular weight is 692 g/mol. The van der Waals surface area contributed by atoms with E-state index >= 15 is 0 Å². The Bertz CT molecular complexity index is 1370. The Balaban J connectivity index is 1.85. The molecule has 0 radical (unpaired) electrons. The predicted octanol–water partition coefficient (Wildman–Crippen LogP) is 4.57. The van der Waals surface area contributed by atoms with E-state index in [9.17, 15) is 19.2 Å². The predicted molar refractivity (Wildman–Crippen MR) is 164 cm³/mol. The van der Waals surface area contributed by atoms with Crippen molar-refractivity contribution in [3.8, 4) is 5.75 Å². The van der Waals surface area contributed by atoms with Crippen LogP contribution in [0.25, 0.3) is 0 Å². The molecule has 11 nitrogen and oxygen atoms in total. The van der Waals surface area contributed by atoms with Crippen molar-refractivity contribution in [2.75, 3.05) is 19.8 Å². The topological polar surface area (TPSA) is 133 Å². The summed E-state index contributed by atoms with van der Waals surface area (Å²) in [6.07, 6.45) is -4.09. The summed E-state index contributed by atoms with van der Waals surface area (Å²) < 4.78 is 41.5. The third kappa shape index (κ3) is 9.27. The van der Waals surface area contributed by atoms with E-state index < -0.39 is 54.4 Å². The van der Waals surface area contributed by atoms with Crippen LogP contribution in [-0.4, -0.2) is 74.2 Å². The molecule has 45 heavy (non-hydrogen) atoms. The van der Waals surface area contributed by atoms with Gasteiger partial charge in [0.15, 0.2) is 18.3 Å². The SMILES string of the molecule is CCc1ccc(Cc2cc([C@@H]3O[C@H](COC(C)=O)[C@@H](OC(C)=O)[C@H](OC(C)=O)[C@H]3OC(C)=O)c(O[C@@H]3CCOC3)cc2Br)cc1. The zero-order valence-electron chi connectivity index (χ0n) is 26.0. The third-order valence-corrected chi connectivity index (χ3v) is 8.22. The minimum Gasteiger partial charge on any atom is -0.488 e. The number of carbonyl (C=O) groups excluding carboxylic acids is 4. The van der Waals surface area contributed by atoms with Gasteiger partial charge in [0.25, 0.3) is 0 Å². The lowest BCUT2D eigenvalue weighted by atomic mass is 9.88. The average Bonchev–Trinajstić information content (AvgIpc) is 3.48. The van der Waals surface area contributed by atoms with Gasteiger partial charge in [-0.2, -0.15) is 0 Å². The van der Waals surface area contributed by atoms with Crippen LogP contribution in [0.5, 0.6) is 5.75 Å². The van der Waals surface area contributed by atoms with Crippen molar-refractivity contribution >= 4 is 39.8 Å². The van der Waals surface area contributed by atoms with Gasteiger partial charge < -0.3 is 33.2 Å². The number of benzene rings is 2. The molecule has 0 saturated carbocycles. The van der Waals surface area contributed by atoms with Gasteiger partial charge in [0.2, 0.25) is 0 Å². The highest BCUT2D eigenvalue weighted by Gasteiger charge is 2.53. The molecule has 4 rings (SSSR count). The van der Waals surface area contributed by atoms with Crippen molar-refractivity contribution in [3.63, 3.8) is 0 Å². The molecule has 2 saturated heterocycles. The van der Waals surface area contributed by atoms with E-state index in [0.717, 1.165) is 22.0 Å². The number of rotatable bonds is 11. The highest BCUT2D eigenvalue weighted by molar-refractivity contribution is 9.10. The van der Waals surface area contributed by atoms with Crippen LogP contribution in [0.1, 0.15) is 69.4 Å². The summed E-state index contributed by atoms with van der Waals surface area (Å²) in [5, 5.41) is 0. The maximum Gasteiger partial charge on any atom is 0.303 e. The lowest BCUT2D eigenvalue weighted by Gasteiger charge is -2.45. The lowest BCUT2D eigenvalue weighted by molar-refractivity contribution is -0.254. The zero-order chi connectivity index (χ0) is 32.7. The molecule has 6 atom stereocenters. The first kappa shape index (κ1) is 34.4. The molecule has 0 bridgehead atoms. The standard InChI is InChI=1S/C33H39BrO11/c1-6-22-7-9-23(10-8-22)13-24-14-26(28(15-27(24)34)44-25-11-12-39-16-25)30-32(42-20(4)37)33(43-21(5)38)31(41-19(3)36)29(45-30)17-40-18(2)35/h7-10,14-15,25,29-33H,6,11-13,16-17H2,1-5H3/t25-,29-,30+,31-,32+,33+/m1/s1. The van der Waals surface area contributed by atoms with Gasteiger partial charge >= 0.3 is 23.9 Å². The summed E-state index contributed by atoms with van der Waals surface area (Å²) >= 11 is 3.71. The Morgan fingerprint density at radius 1 is 0.844 bits per heavy atom. The van der Waals surface area contributed by atoms with Gasteiger partial charge in [0.1, 0.15) is 30.7 Å². The third-order valence-electron chi connectivity index (χ3n) is 7.48. The molecular formula is C33H39BrO11. The van der Waals surface area contributed by atoms with Gasteiger partial charge in [-0.3, -0.25) is 19.2 Å². The maximum atomic E-state index is 12.5. The zero-order valence-corrected chi connectivity index (χ0v) is 27.6. The fourth-order valence-corrected chi connectivity index (χ4v) is 5.92. The molecule has 0 spiro atoms. The Morgan fingerprint density at radius 2 is 1.47 bits per heavy atom. The van der Waals surface area contributed by atoms with E-state index in [1.54, 1.807) is 0 Å². The fourth-order valence-electron chi connectivity index (χ4n) is 5.46. The van der Waals surface area contributed by atoms with E-state index in [-0.39, 0.29) is 12.7 Å². The van der Waals surface area contributed by atoms with Gasteiger partial charge in [-0.15, -0.1) is 0 Å². The molecule has 2 aromatic carbocycles. The Kier molecular flexibility index (Phi) is 12.0. The second-order valence-corrected chi connectivity index (χ2v) is 11.9. The molecule has 0 unspecified atom stereocenters. The normalized spacial score (nSPS) is 24.4.